The van der Waals surface area contributed by atoms with E-state index in [2.05, 4.69) is 31.9 Å². The van der Waals surface area contributed by atoms with E-state index in [-0.39, 0.29) is 0 Å². The topological polar surface area (TPSA) is 72.2 Å². The lowest BCUT2D eigenvalue weighted by Gasteiger charge is -2.54. The Morgan fingerprint density at radius 1 is 0.333 bits per heavy atom. The first-order valence-electron chi connectivity index (χ1n) is 6.46. The Hall–Kier alpha value is -1.98. The smallest absolute Gasteiger partial charge is 0.0700 e. The summed E-state index contributed by atoms with van der Waals surface area (Å²) in [5.41, 5.74) is 0. The fourth-order valence-electron chi connectivity index (χ4n) is 3.54. The van der Waals surface area contributed by atoms with Gasteiger partial charge in [0, 0.05) is 37.2 Å². The molecule has 0 atom stereocenters. The van der Waals surface area contributed by atoms with Crippen LogP contribution in [0.3, 0.4) is 0 Å². The van der Waals surface area contributed by atoms with Gasteiger partial charge in [0.15, 0.2) is 0 Å². The van der Waals surface area contributed by atoms with Crippen molar-refractivity contribution in [1.29, 1.82) is 0 Å². The highest BCUT2D eigenvalue weighted by Gasteiger charge is 2.51. The highest BCUT2D eigenvalue weighted by Crippen LogP contribution is 2.25. The first-order chi connectivity index (χ1) is 8.95. The van der Waals surface area contributed by atoms with E-state index in [0.29, 0.717) is 36.3 Å². The van der Waals surface area contributed by atoms with Crippen molar-refractivity contribution < 1.29 is 0 Å². The molecule has 0 spiro atoms. The molecule has 6 nitrogen and oxygen atoms in total. The van der Waals surface area contributed by atoms with Crippen LogP contribution in [0.15, 0.2) is 37.2 Å². The van der Waals surface area contributed by atoms with Gasteiger partial charge < -0.3 is 31.9 Å². The van der Waals surface area contributed by atoms with Gasteiger partial charge in [0.05, 0.1) is 36.3 Å². The van der Waals surface area contributed by atoms with E-state index in [1.165, 1.54) is 0 Å². The van der Waals surface area contributed by atoms with E-state index in [4.69, 9.17) is 0 Å². The molecule has 0 aromatic carbocycles. The number of rotatable bonds is 0. The Balaban J connectivity index is 1.72. The van der Waals surface area contributed by atoms with Crippen molar-refractivity contribution in [3.8, 4) is 0 Å². The number of nitrogens with one attached hydrogen (secondary N) is 6. The lowest BCUT2D eigenvalue weighted by atomic mass is 9.74. The zero-order valence-corrected chi connectivity index (χ0v) is 9.93. The Bertz CT molecular complexity index is 307. The third-order valence-corrected chi connectivity index (χ3v) is 4.30. The summed E-state index contributed by atoms with van der Waals surface area (Å²) in [5, 5.41) is 20.9. The van der Waals surface area contributed by atoms with Gasteiger partial charge >= 0.3 is 0 Å². The van der Waals surface area contributed by atoms with Crippen LogP contribution in [0, 0.1) is 0 Å². The Morgan fingerprint density at radius 2 is 0.500 bits per heavy atom. The van der Waals surface area contributed by atoms with Gasteiger partial charge in [0.25, 0.3) is 0 Å². The molecule has 96 valence electrons. The fraction of sp³-hybridized carbons (Fsp3) is 0.500. The van der Waals surface area contributed by atoms with Crippen LogP contribution < -0.4 is 31.9 Å². The number of hydrogen-bond donors (Lipinski definition) is 6. The molecule has 4 rings (SSSR count). The van der Waals surface area contributed by atoms with Gasteiger partial charge in [0.1, 0.15) is 0 Å². The van der Waals surface area contributed by atoms with Gasteiger partial charge in [-0.3, -0.25) is 0 Å². The van der Waals surface area contributed by atoms with E-state index < -0.39 is 0 Å². The molecule has 0 aromatic heterocycles. The third-order valence-electron chi connectivity index (χ3n) is 4.30. The maximum Gasteiger partial charge on any atom is 0.0700 e. The van der Waals surface area contributed by atoms with Crippen molar-refractivity contribution >= 4 is 0 Å². The predicted octanol–water partition coefficient (Wildman–Crippen LogP) is -1.80. The fourth-order valence-corrected chi connectivity index (χ4v) is 3.54. The van der Waals surface area contributed by atoms with Crippen molar-refractivity contribution in [1.82, 2.24) is 31.9 Å². The summed E-state index contributed by atoms with van der Waals surface area (Å²) < 4.78 is 0. The summed E-state index contributed by atoms with van der Waals surface area (Å²) in [7, 11) is 0. The second-order valence-corrected chi connectivity index (χ2v) is 5.15. The summed E-state index contributed by atoms with van der Waals surface area (Å²) in [6, 6.07) is 2.16. The van der Waals surface area contributed by atoms with E-state index in [1.807, 2.05) is 37.2 Å². The zero-order valence-electron chi connectivity index (χ0n) is 9.93. The Kier molecular flexibility index (Phi) is 2.09. The molecular weight excluding hydrogens is 228 g/mol. The number of hydrogen-bond acceptors (Lipinski definition) is 6. The molecule has 0 unspecified atom stereocenters. The predicted molar refractivity (Wildman–Crippen MR) is 69.0 cm³/mol. The minimum atomic E-state index is 0.361. The van der Waals surface area contributed by atoms with Crippen molar-refractivity contribution in [3.05, 3.63) is 37.2 Å². The minimum absolute atomic E-state index is 0.361. The molecular formula is C12H18N6. The van der Waals surface area contributed by atoms with Gasteiger partial charge in [-0.25, -0.2) is 0 Å². The van der Waals surface area contributed by atoms with Crippen LogP contribution in [0.2, 0.25) is 0 Å². The molecule has 1 fully saturated rings. The van der Waals surface area contributed by atoms with Crippen molar-refractivity contribution in [2.75, 3.05) is 0 Å². The van der Waals surface area contributed by atoms with Crippen molar-refractivity contribution in [2.24, 2.45) is 0 Å². The highest BCUT2D eigenvalue weighted by molar-refractivity contribution is 5.23. The van der Waals surface area contributed by atoms with Crippen LogP contribution in [0.25, 0.3) is 0 Å². The highest BCUT2D eigenvalue weighted by atomic mass is 15.2. The SMILES string of the molecule is C1=CNC2C(N1)C1NC=CNC1C1NC=CNC21. The minimum Gasteiger partial charge on any atom is -0.383 e. The van der Waals surface area contributed by atoms with E-state index in [0.717, 1.165) is 0 Å². The quantitative estimate of drug-likeness (QED) is 0.303. The van der Waals surface area contributed by atoms with Gasteiger partial charge in [0.2, 0.25) is 0 Å². The average Bonchev–Trinajstić information content (AvgIpc) is 2.48. The Labute approximate surface area is 106 Å². The van der Waals surface area contributed by atoms with Crippen LogP contribution >= 0.6 is 0 Å². The molecule has 1 aliphatic carbocycles. The lowest BCUT2D eigenvalue weighted by molar-refractivity contribution is 0.133. The molecule has 4 aliphatic rings. The summed E-state index contributed by atoms with van der Waals surface area (Å²) in [4.78, 5) is 0. The van der Waals surface area contributed by atoms with Gasteiger partial charge in [-0.15, -0.1) is 0 Å². The van der Waals surface area contributed by atoms with Gasteiger partial charge in [-0.2, -0.15) is 0 Å². The molecule has 0 radical (unpaired) electrons. The molecule has 3 heterocycles. The maximum absolute atomic E-state index is 3.48. The zero-order chi connectivity index (χ0) is 11.9. The van der Waals surface area contributed by atoms with Crippen LogP contribution in [-0.4, -0.2) is 36.3 Å². The Morgan fingerprint density at radius 3 is 0.667 bits per heavy atom. The molecule has 6 N–H and O–H groups in total. The van der Waals surface area contributed by atoms with Gasteiger partial charge in [-0.1, -0.05) is 0 Å². The molecule has 0 bridgehead atoms. The molecule has 18 heavy (non-hydrogen) atoms. The van der Waals surface area contributed by atoms with Crippen LogP contribution in [0.4, 0.5) is 0 Å². The van der Waals surface area contributed by atoms with E-state index in [1.54, 1.807) is 0 Å². The summed E-state index contributed by atoms with van der Waals surface area (Å²) >= 11 is 0. The van der Waals surface area contributed by atoms with E-state index >= 15 is 0 Å². The van der Waals surface area contributed by atoms with Crippen molar-refractivity contribution in [3.63, 3.8) is 0 Å². The molecule has 3 aliphatic heterocycles. The van der Waals surface area contributed by atoms with E-state index in [9.17, 15) is 0 Å². The molecule has 1 saturated carbocycles. The standard InChI is InChI=1S/C12H18N6/c1-2-14-8-7(13-1)9-11(17-4-3-15-9)12-10(8)16-5-6-18-12/h1-18H. The van der Waals surface area contributed by atoms with Crippen LogP contribution in [0.5, 0.6) is 0 Å². The normalized spacial score (nSPS) is 46.7. The third kappa shape index (κ3) is 1.28. The molecule has 0 aromatic rings. The van der Waals surface area contributed by atoms with Crippen LogP contribution in [0.1, 0.15) is 0 Å². The molecule has 6 heteroatoms. The molecule has 0 amide bonds. The lowest BCUT2D eigenvalue weighted by Crippen LogP contribution is -2.81. The second kappa shape index (κ2) is 3.76. The average molecular weight is 246 g/mol. The summed E-state index contributed by atoms with van der Waals surface area (Å²) in [5.74, 6) is 0. The van der Waals surface area contributed by atoms with Crippen LogP contribution in [-0.2, 0) is 0 Å². The van der Waals surface area contributed by atoms with Crippen molar-refractivity contribution in [2.45, 2.75) is 36.3 Å². The maximum atomic E-state index is 3.48. The number of fused-ring (bicyclic) bond motifs is 6. The monoisotopic (exact) mass is 246 g/mol. The largest absolute Gasteiger partial charge is 0.383 e. The first kappa shape index (κ1) is 9.99. The second-order valence-electron chi connectivity index (χ2n) is 5.15. The first-order valence-corrected chi connectivity index (χ1v) is 6.46. The summed E-state index contributed by atoms with van der Waals surface area (Å²) in [6.45, 7) is 0. The summed E-state index contributed by atoms with van der Waals surface area (Å²) in [6.07, 6.45) is 11.9. The van der Waals surface area contributed by atoms with Gasteiger partial charge in [-0.05, 0) is 0 Å². The molecule has 0 saturated heterocycles.